The number of thiazole rings is 1. The standard InChI is InChI=1S/C23H35N5S/c1-5-24-23(25-14-21-16-29-22(26-21)17(2)3)27-20-9-11-28(12-10-20)15-19-8-6-7-18(4)13-19/h6-8,13,16-17,20H,5,9-12,14-15H2,1-4H3,(H2,24,25,27). The highest BCUT2D eigenvalue weighted by atomic mass is 32.1. The summed E-state index contributed by atoms with van der Waals surface area (Å²) in [5.74, 6) is 1.39. The number of likely N-dealkylation sites (tertiary alicyclic amines) is 1. The van der Waals surface area contributed by atoms with E-state index in [1.807, 2.05) is 0 Å². The van der Waals surface area contributed by atoms with E-state index in [0.717, 1.165) is 50.7 Å². The molecule has 1 aromatic heterocycles. The summed E-state index contributed by atoms with van der Waals surface area (Å²) >= 11 is 1.73. The topological polar surface area (TPSA) is 52.6 Å². The molecule has 0 spiro atoms. The lowest BCUT2D eigenvalue weighted by molar-refractivity contribution is 0.198. The number of aryl methyl sites for hydroxylation is 1. The summed E-state index contributed by atoms with van der Waals surface area (Å²) in [6, 6.07) is 9.32. The van der Waals surface area contributed by atoms with Gasteiger partial charge in [0, 0.05) is 43.5 Å². The third kappa shape index (κ3) is 6.82. The van der Waals surface area contributed by atoms with Gasteiger partial charge in [-0.2, -0.15) is 0 Å². The second-order valence-corrected chi connectivity index (χ2v) is 9.10. The van der Waals surface area contributed by atoms with E-state index in [0.29, 0.717) is 18.5 Å². The van der Waals surface area contributed by atoms with Crippen LogP contribution in [0, 0.1) is 6.92 Å². The number of nitrogens with one attached hydrogen (secondary N) is 2. The molecule has 0 aliphatic carbocycles. The van der Waals surface area contributed by atoms with E-state index in [-0.39, 0.29) is 0 Å². The Morgan fingerprint density at radius 1 is 1.31 bits per heavy atom. The molecule has 1 fully saturated rings. The van der Waals surface area contributed by atoms with Crippen molar-refractivity contribution in [1.82, 2.24) is 20.5 Å². The Balaban J connectivity index is 1.49. The van der Waals surface area contributed by atoms with E-state index < -0.39 is 0 Å². The van der Waals surface area contributed by atoms with Crippen molar-refractivity contribution < 1.29 is 0 Å². The zero-order valence-electron chi connectivity index (χ0n) is 18.2. The van der Waals surface area contributed by atoms with E-state index in [4.69, 9.17) is 9.98 Å². The number of aromatic nitrogens is 1. The zero-order chi connectivity index (χ0) is 20.6. The Labute approximate surface area is 179 Å². The maximum absolute atomic E-state index is 4.77. The fraction of sp³-hybridized carbons (Fsp3) is 0.565. The molecule has 2 aromatic rings. The van der Waals surface area contributed by atoms with Gasteiger partial charge in [0.2, 0.25) is 0 Å². The van der Waals surface area contributed by atoms with Crippen LogP contribution in [0.25, 0.3) is 0 Å². The van der Waals surface area contributed by atoms with Crippen LogP contribution in [0.1, 0.15) is 61.4 Å². The lowest BCUT2D eigenvalue weighted by Gasteiger charge is -2.33. The Kier molecular flexibility index (Phi) is 8.07. The molecule has 1 aliphatic rings. The molecule has 0 bridgehead atoms. The van der Waals surface area contributed by atoms with Gasteiger partial charge in [-0.3, -0.25) is 4.90 Å². The number of hydrogen-bond acceptors (Lipinski definition) is 4. The van der Waals surface area contributed by atoms with Crippen LogP contribution in [0.4, 0.5) is 0 Å². The summed E-state index contributed by atoms with van der Waals surface area (Å²) in [5, 5.41) is 10.3. The molecule has 2 N–H and O–H groups in total. The van der Waals surface area contributed by atoms with Gasteiger partial charge in [-0.05, 0) is 32.3 Å². The van der Waals surface area contributed by atoms with E-state index in [9.17, 15) is 0 Å². The third-order valence-corrected chi connectivity index (χ3v) is 6.42. The first-order chi connectivity index (χ1) is 14.0. The number of aliphatic imine (C=N–C) groups is 1. The van der Waals surface area contributed by atoms with Crippen LogP contribution in [0.5, 0.6) is 0 Å². The summed E-state index contributed by atoms with van der Waals surface area (Å²) in [4.78, 5) is 12.0. The number of nitrogens with zero attached hydrogens (tertiary/aromatic N) is 3. The average molecular weight is 414 g/mol. The first kappa shape index (κ1) is 21.8. The molecule has 1 aromatic carbocycles. The molecule has 0 atom stereocenters. The molecule has 2 heterocycles. The molecular weight excluding hydrogens is 378 g/mol. The minimum Gasteiger partial charge on any atom is -0.357 e. The molecule has 29 heavy (non-hydrogen) atoms. The van der Waals surface area contributed by atoms with Crippen LogP contribution in [0.3, 0.4) is 0 Å². The Morgan fingerprint density at radius 2 is 2.10 bits per heavy atom. The molecule has 0 radical (unpaired) electrons. The summed E-state index contributed by atoms with van der Waals surface area (Å²) < 4.78 is 0. The van der Waals surface area contributed by atoms with E-state index in [1.165, 1.54) is 16.1 Å². The lowest BCUT2D eigenvalue weighted by atomic mass is 10.0. The molecule has 0 unspecified atom stereocenters. The second-order valence-electron chi connectivity index (χ2n) is 8.21. The highest BCUT2D eigenvalue weighted by Crippen LogP contribution is 2.19. The van der Waals surface area contributed by atoms with Gasteiger partial charge in [0.1, 0.15) is 0 Å². The van der Waals surface area contributed by atoms with Crippen LogP contribution in [-0.2, 0) is 13.1 Å². The zero-order valence-corrected chi connectivity index (χ0v) is 19.1. The summed E-state index contributed by atoms with van der Waals surface area (Å²) in [7, 11) is 0. The van der Waals surface area contributed by atoms with Gasteiger partial charge in [-0.25, -0.2) is 9.98 Å². The van der Waals surface area contributed by atoms with E-state index in [1.54, 1.807) is 11.3 Å². The Hall–Kier alpha value is -1.92. The second kappa shape index (κ2) is 10.7. The molecule has 5 nitrogen and oxygen atoms in total. The largest absolute Gasteiger partial charge is 0.357 e. The number of piperidine rings is 1. The van der Waals surface area contributed by atoms with Gasteiger partial charge in [-0.1, -0.05) is 43.7 Å². The van der Waals surface area contributed by atoms with Gasteiger partial charge in [0.05, 0.1) is 17.2 Å². The predicted molar refractivity (Wildman–Crippen MR) is 124 cm³/mol. The Morgan fingerprint density at radius 3 is 2.76 bits per heavy atom. The van der Waals surface area contributed by atoms with Crippen molar-refractivity contribution in [3.63, 3.8) is 0 Å². The molecule has 158 valence electrons. The molecule has 1 saturated heterocycles. The molecule has 6 heteroatoms. The summed E-state index contributed by atoms with van der Waals surface area (Å²) in [6.07, 6.45) is 2.29. The quantitative estimate of drug-likeness (QED) is 0.525. The number of benzene rings is 1. The highest BCUT2D eigenvalue weighted by Gasteiger charge is 2.20. The average Bonchev–Trinajstić information content (AvgIpc) is 3.17. The van der Waals surface area contributed by atoms with Crippen molar-refractivity contribution in [1.29, 1.82) is 0 Å². The number of rotatable bonds is 7. The van der Waals surface area contributed by atoms with Crippen LogP contribution in [0.2, 0.25) is 0 Å². The van der Waals surface area contributed by atoms with E-state index >= 15 is 0 Å². The first-order valence-corrected chi connectivity index (χ1v) is 11.7. The minimum absolute atomic E-state index is 0.475. The molecule has 1 aliphatic heterocycles. The van der Waals surface area contributed by atoms with Crippen molar-refractivity contribution in [2.75, 3.05) is 19.6 Å². The lowest BCUT2D eigenvalue weighted by Crippen LogP contribution is -2.48. The molecule has 3 rings (SSSR count). The van der Waals surface area contributed by atoms with Crippen LogP contribution in [0.15, 0.2) is 34.6 Å². The highest BCUT2D eigenvalue weighted by molar-refractivity contribution is 7.09. The molecule has 0 amide bonds. The number of guanidine groups is 1. The summed E-state index contributed by atoms with van der Waals surface area (Å²) in [6.45, 7) is 13.4. The van der Waals surface area contributed by atoms with Crippen molar-refractivity contribution in [3.05, 3.63) is 51.5 Å². The maximum atomic E-state index is 4.77. The first-order valence-electron chi connectivity index (χ1n) is 10.8. The van der Waals surface area contributed by atoms with E-state index in [2.05, 4.69) is 72.9 Å². The van der Waals surface area contributed by atoms with Crippen molar-refractivity contribution in [2.24, 2.45) is 4.99 Å². The smallest absolute Gasteiger partial charge is 0.191 e. The van der Waals surface area contributed by atoms with Crippen molar-refractivity contribution in [2.45, 2.75) is 65.6 Å². The SMILES string of the molecule is CCNC(=NCc1csc(C(C)C)n1)NC1CCN(Cc2cccc(C)c2)CC1. The van der Waals surface area contributed by atoms with Gasteiger partial charge >= 0.3 is 0 Å². The maximum Gasteiger partial charge on any atom is 0.191 e. The minimum atomic E-state index is 0.475. The van der Waals surface area contributed by atoms with Crippen molar-refractivity contribution in [3.8, 4) is 0 Å². The van der Waals surface area contributed by atoms with Gasteiger partial charge < -0.3 is 10.6 Å². The molecule has 0 saturated carbocycles. The predicted octanol–water partition coefficient (Wildman–Crippen LogP) is 4.29. The number of hydrogen-bond donors (Lipinski definition) is 2. The Bertz CT molecular complexity index is 790. The summed E-state index contributed by atoms with van der Waals surface area (Å²) in [5.41, 5.74) is 3.81. The van der Waals surface area contributed by atoms with Gasteiger partial charge in [0.25, 0.3) is 0 Å². The fourth-order valence-electron chi connectivity index (χ4n) is 3.64. The fourth-order valence-corrected chi connectivity index (χ4v) is 4.46. The molecular formula is C23H35N5S. The van der Waals surface area contributed by atoms with Crippen LogP contribution >= 0.6 is 11.3 Å². The van der Waals surface area contributed by atoms with Gasteiger partial charge in [0.15, 0.2) is 5.96 Å². The normalized spacial score (nSPS) is 16.4. The van der Waals surface area contributed by atoms with Crippen LogP contribution in [-0.4, -0.2) is 41.5 Å². The van der Waals surface area contributed by atoms with Crippen LogP contribution < -0.4 is 10.6 Å². The third-order valence-electron chi connectivity index (χ3n) is 5.22. The monoisotopic (exact) mass is 413 g/mol. The van der Waals surface area contributed by atoms with Gasteiger partial charge in [-0.15, -0.1) is 11.3 Å². The van der Waals surface area contributed by atoms with Crippen molar-refractivity contribution >= 4 is 17.3 Å².